The Morgan fingerprint density at radius 3 is 2.58 bits per heavy atom. The van der Waals surface area contributed by atoms with E-state index in [1.807, 2.05) is 30.5 Å². The van der Waals surface area contributed by atoms with Gasteiger partial charge in [0.05, 0.1) is 18.6 Å². The third-order valence-electron chi connectivity index (χ3n) is 5.75. The number of piperidine rings is 1. The van der Waals surface area contributed by atoms with Crippen LogP contribution in [0.25, 0.3) is 0 Å². The van der Waals surface area contributed by atoms with Gasteiger partial charge >= 0.3 is 5.97 Å². The largest absolute Gasteiger partial charge is 0.465 e. The van der Waals surface area contributed by atoms with Gasteiger partial charge in [0.15, 0.2) is 0 Å². The zero-order chi connectivity index (χ0) is 22.5. The standard InChI is InChI=1S/C23H29N3O4S/c1-14-19(23(29)30-3)15(2)25-20(14)22(28)26-11-5-6-17(13-26)21(27)24-12-16-7-9-18(31-4)10-8-16/h7-10,17,25H,5-6,11-13H2,1-4H3,(H,24,27). The fourth-order valence-electron chi connectivity index (χ4n) is 3.98. The number of aryl methyl sites for hydroxylation is 1. The molecule has 2 aromatic rings. The van der Waals surface area contributed by atoms with Gasteiger partial charge < -0.3 is 19.9 Å². The lowest BCUT2D eigenvalue weighted by Gasteiger charge is -2.32. The number of carbonyl (C=O) groups excluding carboxylic acids is 3. The Morgan fingerprint density at radius 1 is 1.23 bits per heavy atom. The van der Waals surface area contributed by atoms with Gasteiger partial charge in [-0.3, -0.25) is 9.59 Å². The molecule has 1 saturated heterocycles. The van der Waals surface area contributed by atoms with E-state index in [2.05, 4.69) is 10.3 Å². The average Bonchev–Trinajstić information content (AvgIpc) is 3.10. The van der Waals surface area contributed by atoms with Crippen molar-refractivity contribution >= 4 is 29.5 Å². The van der Waals surface area contributed by atoms with E-state index < -0.39 is 5.97 Å². The molecule has 0 aliphatic carbocycles. The van der Waals surface area contributed by atoms with Gasteiger partial charge in [0.2, 0.25) is 5.91 Å². The fraction of sp³-hybridized carbons (Fsp3) is 0.435. The SMILES string of the molecule is COC(=O)c1c(C)[nH]c(C(=O)N2CCCC(C(=O)NCc3ccc(SC)cc3)C2)c1C. The van der Waals surface area contributed by atoms with Gasteiger partial charge in [-0.05, 0) is 56.2 Å². The monoisotopic (exact) mass is 443 g/mol. The minimum absolute atomic E-state index is 0.0407. The lowest BCUT2D eigenvalue weighted by atomic mass is 9.96. The first-order chi connectivity index (χ1) is 14.8. The molecule has 1 fully saturated rings. The molecule has 31 heavy (non-hydrogen) atoms. The third-order valence-corrected chi connectivity index (χ3v) is 6.49. The Balaban J connectivity index is 1.63. The van der Waals surface area contributed by atoms with Gasteiger partial charge in [-0.1, -0.05) is 12.1 Å². The maximum atomic E-state index is 13.1. The van der Waals surface area contributed by atoms with Crippen LogP contribution in [0.2, 0.25) is 0 Å². The van der Waals surface area contributed by atoms with Crippen LogP contribution >= 0.6 is 11.8 Å². The number of aromatic nitrogens is 1. The highest BCUT2D eigenvalue weighted by molar-refractivity contribution is 7.98. The van der Waals surface area contributed by atoms with E-state index in [4.69, 9.17) is 4.74 Å². The predicted octanol–water partition coefficient (Wildman–Crippen LogP) is 3.31. The molecule has 1 aromatic heterocycles. The van der Waals surface area contributed by atoms with Crippen molar-refractivity contribution in [3.05, 3.63) is 52.3 Å². The van der Waals surface area contributed by atoms with Crippen molar-refractivity contribution in [2.45, 2.75) is 38.1 Å². The summed E-state index contributed by atoms with van der Waals surface area (Å²) in [4.78, 5) is 43.8. The normalized spacial score (nSPS) is 16.1. The molecule has 1 aromatic carbocycles. The number of carbonyl (C=O) groups is 3. The first-order valence-electron chi connectivity index (χ1n) is 10.3. The molecule has 2 N–H and O–H groups in total. The van der Waals surface area contributed by atoms with Crippen LogP contribution in [0.1, 0.15) is 50.5 Å². The number of benzene rings is 1. The highest BCUT2D eigenvalue weighted by Crippen LogP contribution is 2.24. The Morgan fingerprint density at radius 2 is 1.94 bits per heavy atom. The number of esters is 1. The summed E-state index contributed by atoms with van der Waals surface area (Å²) in [5.74, 6) is -0.951. The van der Waals surface area contributed by atoms with E-state index in [9.17, 15) is 14.4 Å². The zero-order valence-corrected chi connectivity index (χ0v) is 19.2. The van der Waals surface area contributed by atoms with E-state index in [0.717, 1.165) is 18.4 Å². The van der Waals surface area contributed by atoms with E-state index in [0.29, 0.717) is 42.1 Å². The van der Waals surface area contributed by atoms with Gasteiger partial charge in [-0.2, -0.15) is 0 Å². The number of rotatable bonds is 6. The second-order valence-electron chi connectivity index (χ2n) is 7.77. The number of thioether (sulfide) groups is 1. The number of aromatic amines is 1. The zero-order valence-electron chi connectivity index (χ0n) is 18.4. The number of hydrogen-bond acceptors (Lipinski definition) is 5. The Kier molecular flexibility index (Phi) is 7.43. The van der Waals surface area contributed by atoms with Gasteiger partial charge in [-0.25, -0.2) is 4.79 Å². The topological polar surface area (TPSA) is 91.5 Å². The molecule has 7 nitrogen and oxygen atoms in total. The number of nitrogens with zero attached hydrogens (tertiary/aromatic N) is 1. The summed E-state index contributed by atoms with van der Waals surface area (Å²) >= 11 is 1.68. The fourth-order valence-corrected chi connectivity index (χ4v) is 4.39. The van der Waals surface area contributed by atoms with Gasteiger partial charge in [-0.15, -0.1) is 11.8 Å². The van der Waals surface area contributed by atoms with Gasteiger partial charge in [0.1, 0.15) is 5.69 Å². The second kappa shape index (κ2) is 10.0. The molecular formula is C23H29N3O4S. The molecule has 2 heterocycles. The minimum Gasteiger partial charge on any atom is -0.465 e. The quantitative estimate of drug-likeness (QED) is 0.528. The van der Waals surface area contributed by atoms with Crippen LogP contribution in [0, 0.1) is 19.8 Å². The van der Waals surface area contributed by atoms with Crippen LogP contribution < -0.4 is 5.32 Å². The lowest BCUT2D eigenvalue weighted by Crippen LogP contribution is -2.45. The van der Waals surface area contributed by atoms with Crippen molar-refractivity contribution < 1.29 is 19.1 Å². The van der Waals surface area contributed by atoms with Crippen molar-refractivity contribution in [2.24, 2.45) is 5.92 Å². The maximum Gasteiger partial charge on any atom is 0.339 e. The molecule has 8 heteroatoms. The van der Waals surface area contributed by atoms with Crippen LogP contribution in [0.15, 0.2) is 29.2 Å². The molecular weight excluding hydrogens is 414 g/mol. The summed E-state index contributed by atoms with van der Waals surface area (Å²) in [6.07, 6.45) is 3.53. The van der Waals surface area contributed by atoms with Gasteiger partial charge in [0.25, 0.3) is 5.91 Å². The van der Waals surface area contributed by atoms with E-state index in [-0.39, 0.29) is 17.7 Å². The lowest BCUT2D eigenvalue weighted by molar-refractivity contribution is -0.126. The number of amides is 2. The van der Waals surface area contributed by atoms with Crippen LogP contribution in [-0.2, 0) is 16.1 Å². The van der Waals surface area contributed by atoms with Crippen molar-refractivity contribution in [3.63, 3.8) is 0 Å². The summed E-state index contributed by atoms with van der Waals surface area (Å²) in [7, 11) is 1.32. The summed E-state index contributed by atoms with van der Waals surface area (Å²) in [5.41, 5.74) is 3.00. The van der Waals surface area contributed by atoms with E-state index in [1.165, 1.54) is 12.0 Å². The summed E-state index contributed by atoms with van der Waals surface area (Å²) in [6.45, 7) is 4.90. The second-order valence-corrected chi connectivity index (χ2v) is 8.65. The summed E-state index contributed by atoms with van der Waals surface area (Å²) in [6, 6.07) is 8.10. The van der Waals surface area contributed by atoms with Gasteiger partial charge in [0, 0.05) is 30.2 Å². The van der Waals surface area contributed by atoms with Crippen LogP contribution in [-0.4, -0.2) is 54.1 Å². The maximum absolute atomic E-state index is 13.1. The van der Waals surface area contributed by atoms with Crippen molar-refractivity contribution in [1.29, 1.82) is 0 Å². The Bertz CT molecular complexity index is 968. The molecule has 1 aliphatic heterocycles. The molecule has 1 atom stereocenters. The molecule has 3 rings (SSSR count). The molecule has 166 valence electrons. The number of nitrogens with one attached hydrogen (secondary N) is 2. The van der Waals surface area contributed by atoms with E-state index >= 15 is 0 Å². The van der Waals surface area contributed by atoms with Crippen molar-refractivity contribution in [3.8, 4) is 0 Å². The molecule has 0 bridgehead atoms. The van der Waals surface area contributed by atoms with Crippen molar-refractivity contribution in [2.75, 3.05) is 26.5 Å². The minimum atomic E-state index is -0.466. The highest BCUT2D eigenvalue weighted by Gasteiger charge is 2.31. The molecule has 1 unspecified atom stereocenters. The number of hydrogen-bond donors (Lipinski definition) is 2. The first kappa shape index (κ1) is 22.9. The predicted molar refractivity (Wildman–Crippen MR) is 120 cm³/mol. The number of H-pyrrole nitrogens is 1. The smallest absolute Gasteiger partial charge is 0.339 e. The number of methoxy groups -OCH3 is 1. The molecule has 0 radical (unpaired) electrons. The Hall–Kier alpha value is -2.74. The molecule has 1 aliphatic rings. The molecule has 2 amide bonds. The Labute approximate surface area is 186 Å². The number of likely N-dealkylation sites (tertiary alicyclic amines) is 1. The van der Waals surface area contributed by atoms with Crippen molar-refractivity contribution in [1.82, 2.24) is 15.2 Å². The first-order valence-corrected chi connectivity index (χ1v) is 11.6. The van der Waals surface area contributed by atoms with E-state index in [1.54, 1.807) is 30.5 Å². The summed E-state index contributed by atoms with van der Waals surface area (Å²) in [5, 5.41) is 3.00. The third kappa shape index (κ3) is 5.12. The molecule has 0 spiro atoms. The summed E-state index contributed by atoms with van der Waals surface area (Å²) < 4.78 is 4.82. The van der Waals surface area contributed by atoms with Crippen LogP contribution in [0.3, 0.4) is 0 Å². The van der Waals surface area contributed by atoms with Crippen LogP contribution in [0.5, 0.6) is 0 Å². The van der Waals surface area contributed by atoms with Crippen LogP contribution in [0.4, 0.5) is 0 Å². The average molecular weight is 444 g/mol. The highest BCUT2D eigenvalue weighted by atomic mass is 32.2. The molecule has 0 saturated carbocycles. The number of ether oxygens (including phenoxy) is 1.